The predicted octanol–water partition coefficient (Wildman–Crippen LogP) is 1.17. The molecule has 0 bridgehead atoms. The van der Waals surface area contributed by atoms with Crippen LogP contribution in [-0.4, -0.2) is 40.5 Å². The zero-order valence-electron chi connectivity index (χ0n) is 12.0. The Labute approximate surface area is 118 Å². The van der Waals surface area contributed by atoms with Crippen molar-refractivity contribution in [3.63, 3.8) is 0 Å². The molecule has 1 atom stereocenters. The first-order valence-corrected chi connectivity index (χ1v) is 6.94. The lowest BCUT2D eigenvalue weighted by molar-refractivity contribution is -0.149. The molecule has 110 valence electrons. The fourth-order valence-corrected chi connectivity index (χ4v) is 2.61. The summed E-state index contributed by atoms with van der Waals surface area (Å²) in [5.74, 6) is -0.482. The molecule has 1 amide bonds. The van der Waals surface area contributed by atoms with Crippen LogP contribution in [0.2, 0.25) is 0 Å². The predicted molar refractivity (Wildman–Crippen MR) is 75.1 cm³/mol. The maximum Gasteiger partial charge on any atom is 0.328 e. The van der Waals surface area contributed by atoms with E-state index in [1.165, 1.54) is 0 Å². The van der Waals surface area contributed by atoms with E-state index in [0.717, 1.165) is 12.8 Å². The van der Waals surface area contributed by atoms with Gasteiger partial charge in [-0.1, -0.05) is 0 Å². The van der Waals surface area contributed by atoms with E-state index in [2.05, 4.69) is 0 Å². The van der Waals surface area contributed by atoms with Crippen LogP contribution in [0.5, 0.6) is 0 Å². The number of likely N-dealkylation sites (tertiary alicyclic amines) is 1. The Morgan fingerprint density at radius 3 is 2.80 bits per heavy atom. The van der Waals surface area contributed by atoms with Crippen LogP contribution >= 0.6 is 0 Å². The smallest absolute Gasteiger partial charge is 0.328 e. The number of anilines is 1. The lowest BCUT2D eigenvalue weighted by Crippen LogP contribution is -2.49. The molecule has 1 aliphatic heterocycles. The summed E-state index contributed by atoms with van der Waals surface area (Å²) in [6.45, 7) is 2.67. The van der Waals surface area contributed by atoms with E-state index in [1.807, 2.05) is 0 Å². The molecule has 1 aromatic heterocycles. The van der Waals surface area contributed by atoms with Crippen molar-refractivity contribution in [1.29, 1.82) is 0 Å². The van der Waals surface area contributed by atoms with Gasteiger partial charge in [-0.2, -0.15) is 0 Å². The monoisotopic (exact) mass is 279 g/mol. The molecule has 0 spiro atoms. The number of aryl methyl sites for hydroxylation is 1. The van der Waals surface area contributed by atoms with E-state index < -0.39 is 6.04 Å². The Kier molecular flexibility index (Phi) is 4.32. The van der Waals surface area contributed by atoms with Crippen LogP contribution < -0.4 is 5.73 Å². The Morgan fingerprint density at radius 1 is 1.45 bits per heavy atom. The number of esters is 1. The van der Waals surface area contributed by atoms with Gasteiger partial charge in [0, 0.05) is 19.8 Å². The van der Waals surface area contributed by atoms with E-state index in [4.69, 9.17) is 10.5 Å². The highest BCUT2D eigenvalue weighted by molar-refractivity contribution is 5.96. The number of amides is 1. The van der Waals surface area contributed by atoms with Gasteiger partial charge in [-0.3, -0.25) is 4.79 Å². The minimum absolute atomic E-state index is 0.165. The van der Waals surface area contributed by atoms with Crippen LogP contribution in [-0.2, 0) is 16.6 Å². The number of carbonyl (C=O) groups excluding carboxylic acids is 2. The third kappa shape index (κ3) is 2.79. The number of rotatable bonds is 3. The number of piperidine rings is 1. The average Bonchev–Trinajstić information content (AvgIpc) is 2.77. The van der Waals surface area contributed by atoms with Crippen molar-refractivity contribution in [2.75, 3.05) is 18.9 Å². The fraction of sp³-hybridized carbons (Fsp3) is 0.571. The van der Waals surface area contributed by atoms with Crippen molar-refractivity contribution in [2.45, 2.75) is 32.2 Å². The van der Waals surface area contributed by atoms with Crippen molar-refractivity contribution >= 4 is 17.6 Å². The van der Waals surface area contributed by atoms with Gasteiger partial charge in [0.1, 0.15) is 11.7 Å². The number of ether oxygens (including phenoxy) is 1. The van der Waals surface area contributed by atoms with Gasteiger partial charge in [0.25, 0.3) is 5.91 Å². The van der Waals surface area contributed by atoms with Crippen LogP contribution in [0.4, 0.5) is 5.69 Å². The standard InChI is InChI=1S/C14H21N3O3/c1-3-20-14(19)11-6-4-5-7-17(11)13(18)12-8-10(15)9-16(12)2/h8-9,11H,3-7,15H2,1-2H3. The minimum Gasteiger partial charge on any atom is -0.464 e. The molecule has 2 N–H and O–H groups in total. The summed E-state index contributed by atoms with van der Waals surface area (Å²) in [7, 11) is 1.77. The highest BCUT2D eigenvalue weighted by atomic mass is 16.5. The number of nitrogens with zero attached hydrogens (tertiary/aromatic N) is 2. The summed E-state index contributed by atoms with van der Waals surface area (Å²) in [6.07, 6.45) is 4.19. The van der Waals surface area contributed by atoms with E-state index in [1.54, 1.807) is 35.7 Å². The first-order valence-electron chi connectivity index (χ1n) is 6.94. The Bertz CT molecular complexity index is 510. The van der Waals surface area contributed by atoms with Gasteiger partial charge in [-0.05, 0) is 32.3 Å². The average molecular weight is 279 g/mol. The van der Waals surface area contributed by atoms with Gasteiger partial charge in [-0.25, -0.2) is 4.79 Å². The van der Waals surface area contributed by atoms with Crippen LogP contribution in [0, 0.1) is 0 Å². The normalized spacial score (nSPS) is 18.9. The molecule has 6 heteroatoms. The molecule has 1 saturated heterocycles. The van der Waals surface area contributed by atoms with Crippen molar-refractivity contribution in [1.82, 2.24) is 9.47 Å². The molecule has 0 radical (unpaired) electrons. The second kappa shape index (κ2) is 5.98. The largest absolute Gasteiger partial charge is 0.464 e. The minimum atomic E-state index is -0.479. The number of carbonyl (C=O) groups is 2. The second-order valence-electron chi connectivity index (χ2n) is 5.03. The fourth-order valence-electron chi connectivity index (χ4n) is 2.61. The van der Waals surface area contributed by atoms with E-state index in [-0.39, 0.29) is 11.9 Å². The third-order valence-corrected chi connectivity index (χ3v) is 3.57. The van der Waals surface area contributed by atoms with E-state index in [0.29, 0.717) is 31.0 Å². The van der Waals surface area contributed by atoms with Crippen LogP contribution in [0.15, 0.2) is 12.3 Å². The molecule has 1 fully saturated rings. The van der Waals surface area contributed by atoms with Crippen LogP contribution in [0.3, 0.4) is 0 Å². The molecule has 1 aromatic rings. The maximum absolute atomic E-state index is 12.6. The molecule has 0 aliphatic carbocycles. The molecular formula is C14H21N3O3. The summed E-state index contributed by atoms with van der Waals surface area (Å²) in [5, 5.41) is 0. The number of hydrogen-bond donors (Lipinski definition) is 1. The Balaban J connectivity index is 2.21. The molecular weight excluding hydrogens is 258 g/mol. The summed E-state index contributed by atoms with van der Waals surface area (Å²) in [4.78, 5) is 26.2. The zero-order chi connectivity index (χ0) is 14.7. The molecule has 6 nitrogen and oxygen atoms in total. The first kappa shape index (κ1) is 14.4. The van der Waals surface area contributed by atoms with Crippen molar-refractivity contribution < 1.29 is 14.3 Å². The summed E-state index contributed by atoms with van der Waals surface area (Å²) in [6, 6.07) is 1.16. The van der Waals surface area contributed by atoms with Crippen LogP contribution in [0.25, 0.3) is 0 Å². The van der Waals surface area contributed by atoms with Gasteiger partial charge in [0.05, 0.1) is 12.3 Å². The number of nitrogen functional groups attached to an aromatic ring is 1. The number of aromatic nitrogens is 1. The Morgan fingerprint density at radius 2 is 2.20 bits per heavy atom. The van der Waals surface area contributed by atoms with Gasteiger partial charge < -0.3 is 19.9 Å². The second-order valence-corrected chi connectivity index (χ2v) is 5.03. The number of nitrogens with two attached hydrogens (primary N) is 1. The van der Waals surface area contributed by atoms with E-state index in [9.17, 15) is 9.59 Å². The molecule has 2 heterocycles. The summed E-state index contributed by atoms with van der Waals surface area (Å²) < 4.78 is 6.76. The molecule has 2 rings (SSSR count). The molecule has 0 aromatic carbocycles. The molecule has 20 heavy (non-hydrogen) atoms. The zero-order valence-corrected chi connectivity index (χ0v) is 12.0. The highest BCUT2D eigenvalue weighted by Gasteiger charge is 2.34. The lowest BCUT2D eigenvalue weighted by Gasteiger charge is -2.34. The topological polar surface area (TPSA) is 77.6 Å². The number of hydrogen-bond acceptors (Lipinski definition) is 4. The lowest BCUT2D eigenvalue weighted by atomic mass is 10.0. The van der Waals surface area contributed by atoms with Gasteiger partial charge in [0.15, 0.2) is 0 Å². The van der Waals surface area contributed by atoms with Crippen molar-refractivity contribution in [3.8, 4) is 0 Å². The van der Waals surface area contributed by atoms with Gasteiger partial charge >= 0.3 is 5.97 Å². The van der Waals surface area contributed by atoms with Gasteiger partial charge in [-0.15, -0.1) is 0 Å². The maximum atomic E-state index is 12.6. The molecule has 1 unspecified atom stereocenters. The quantitative estimate of drug-likeness (QED) is 0.842. The summed E-state index contributed by atoms with van der Waals surface area (Å²) >= 11 is 0. The first-order chi connectivity index (χ1) is 9.54. The highest BCUT2D eigenvalue weighted by Crippen LogP contribution is 2.22. The van der Waals surface area contributed by atoms with Gasteiger partial charge in [0.2, 0.25) is 0 Å². The Hall–Kier alpha value is -1.98. The SMILES string of the molecule is CCOC(=O)C1CCCCN1C(=O)c1cc(N)cn1C. The summed E-state index contributed by atoms with van der Waals surface area (Å²) in [5.41, 5.74) is 6.75. The molecule has 0 saturated carbocycles. The van der Waals surface area contributed by atoms with Crippen molar-refractivity contribution in [2.24, 2.45) is 7.05 Å². The third-order valence-electron chi connectivity index (χ3n) is 3.57. The van der Waals surface area contributed by atoms with Crippen molar-refractivity contribution in [3.05, 3.63) is 18.0 Å². The van der Waals surface area contributed by atoms with Crippen LogP contribution in [0.1, 0.15) is 36.7 Å². The van der Waals surface area contributed by atoms with E-state index >= 15 is 0 Å². The molecule has 1 aliphatic rings.